The van der Waals surface area contributed by atoms with Crippen molar-refractivity contribution in [2.45, 2.75) is 6.54 Å². The molecule has 0 aliphatic carbocycles. The van der Waals surface area contributed by atoms with Crippen molar-refractivity contribution in [1.82, 2.24) is 10.2 Å². The standard InChI is InChI=1S/C12H15ClN4O4.ClH/c1-16(12(19)6-15-11(18)5-14)7-8-4-9(17(20)21)2-3-10(8)13;/h2-4H,5-7,14H2,1H3,(H,15,18);1H. The largest absolute Gasteiger partial charge is 0.346 e. The number of hydrogen-bond donors (Lipinski definition) is 2. The Morgan fingerprint density at radius 3 is 2.64 bits per heavy atom. The molecule has 0 aliphatic rings. The van der Waals surface area contributed by atoms with E-state index >= 15 is 0 Å². The minimum absolute atomic E-state index is 0. The molecule has 8 nitrogen and oxygen atoms in total. The number of nitro groups is 1. The molecule has 0 atom stereocenters. The number of halogens is 2. The van der Waals surface area contributed by atoms with Crippen LogP contribution in [0, 0.1) is 10.1 Å². The van der Waals surface area contributed by atoms with Crippen molar-refractivity contribution in [3.8, 4) is 0 Å². The molecule has 0 fully saturated rings. The number of benzene rings is 1. The molecular formula is C12H16Cl2N4O4. The van der Waals surface area contributed by atoms with Crippen LogP contribution in [0.4, 0.5) is 5.69 Å². The topological polar surface area (TPSA) is 119 Å². The van der Waals surface area contributed by atoms with Crippen LogP contribution in [-0.2, 0) is 16.1 Å². The van der Waals surface area contributed by atoms with Gasteiger partial charge in [-0.2, -0.15) is 0 Å². The van der Waals surface area contributed by atoms with Gasteiger partial charge in [0, 0.05) is 30.7 Å². The fourth-order valence-electron chi connectivity index (χ4n) is 1.52. The van der Waals surface area contributed by atoms with Crippen molar-refractivity contribution >= 4 is 41.5 Å². The zero-order valence-electron chi connectivity index (χ0n) is 11.7. The minimum atomic E-state index is -0.539. The summed E-state index contributed by atoms with van der Waals surface area (Å²) in [5.41, 5.74) is 5.45. The summed E-state index contributed by atoms with van der Waals surface area (Å²) in [7, 11) is 1.51. The first-order valence-corrected chi connectivity index (χ1v) is 6.36. The third kappa shape index (κ3) is 5.84. The molecular weight excluding hydrogens is 335 g/mol. The van der Waals surface area contributed by atoms with Gasteiger partial charge in [0.05, 0.1) is 18.0 Å². The lowest BCUT2D eigenvalue weighted by Gasteiger charge is -2.18. The Balaban J connectivity index is 0.00000441. The molecule has 0 radical (unpaired) electrons. The van der Waals surface area contributed by atoms with Gasteiger partial charge in [0.1, 0.15) is 0 Å². The van der Waals surface area contributed by atoms with Crippen LogP contribution in [0.3, 0.4) is 0 Å². The van der Waals surface area contributed by atoms with Gasteiger partial charge in [-0.1, -0.05) is 11.6 Å². The maximum Gasteiger partial charge on any atom is 0.269 e. The summed E-state index contributed by atoms with van der Waals surface area (Å²) >= 11 is 5.95. The van der Waals surface area contributed by atoms with Gasteiger partial charge < -0.3 is 16.0 Å². The summed E-state index contributed by atoms with van der Waals surface area (Å²) in [6, 6.07) is 4.00. The molecule has 3 N–H and O–H groups in total. The van der Waals surface area contributed by atoms with Crippen molar-refractivity contribution in [1.29, 1.82) is 0 Å². The molecule has 122 valence electrons. The van der Waals surface area contributed by atoms with E-state index in [0.29, 0.717) is 10.6 Å². The normalized spacial score (nSPS) is 9.59. The molecule has 0 spiro atoms. The quantitative estimate of drug-likeness (QED) is 0.578. The fourth-order valence-corrected chi connectivity index (χ4v) is 1.70. The predicted molar refractivity (Wildman–Crippen MR) is 83.9 cm³/mol. The second-order valence-corrected chi connectivity index (χ2v) is 4.67. The second kappa shape index (κ2) is 9.19. The highest BCUT2D eigenvalue weighted by Gasteiger charge is 2.15. The highest BCUT2D eigenvalue weighted by Crippen LogP contribution is 2.23. The van der Waals surface area contributed by atoms with Crippen LogP contribution in [0.1, 0.15) is 5.56 Å². The average molecular weight is 351 g/mol. The highest BCUT2D eigenvalue weighted by molar-refractivity contribution is 6.31. The molecule has 1 aromatic carbocycles. The van der Waals surface area contributed by atoms with Crippen LogP contribution in [0.2, 0.25) is 5.02 Å². The number of carbonyl (C=O) groups excluding carboxylic acids is 2. The third-order valence-electron chi connectivity index (χ3n) is 2.70. The zero-order valence-corrected chi connectivity index (χ0v) is 13.3. The molecule has 0 heterocycles. The number of nitrogens with zero attached hydrogens (tertiary/aromatic N) is 2. The summed E-state index contributed by atoms with van der Waals surface area (Å²) in [6.45, 7) is -0.301. The van der Waals surface area contributed by atoms with Crippen LogP contribution < -0.4 is 11.1 Å². The van der Waals surface area contributed by atoms with Gasteiger partial charge in [-0.15, -0.1) is 12.4 Å². The minimum Gasteiger partial charge on any atom is -0.346 e. The van der Waals surface area contributed by atoms with Crippen molar-refractivity contribution in [2.75, 3.05) is 20.1 Å². The summed E-state index contributed by atoms with van der Waals surface area (Å²) in [5, 5.41) is 13.4. The monoisotopic (exact) mass is 350 g/mol. The van der Waals surface area contributed by atoms with E-state index in [1.54, 1.807) is 0 Å². The number of hydrogen-bond acceptors (Lipinski definition) is 5. The smallest absolute Gasteiger partial charge is 0.269 e. The van der Waals surface area contributed by atoms with Crippen molar-refractivity contribution < 1.29 is 14.5 Å². The molecule has 1 aromatic rings. The van der Waals surface area contributed by atoms with E-state index in [1.165, 1.54) is 30.1 Å². The first kappa shape index (κ1) is 20.1. The van der Waals surface area contributed by atoms with E-state index in [9.17, 15) is 19.7 Å². The number of carbonyl (C=O) groups is 2. The molecule has 0 aliphatic heterocycles. The predicted octanol–water partition coefficient (Wildman–Crippen LogP) is 0.703. The Hall–Kier alpha value is -1.90. The number of amides is 2. The molecule has 0 aromatic heterocycles. The van der Waals surface area contributed by atoms with Crippen LogP contribution in [-0.4, -0.2) is 41.8 Å². The van der Waals surface area contributed by atoms with Gasteiger partial charge >= 0.3 is 0 Å². The van der Waals surface area contributed by atoms with Crippen LogP contribution in [0.15, 0.2) is 18.2 Å². The molecule has 1 rings (SSSR count). The van der Waals surface area contributed by atoms with Gasteiger partial charge in [0.15, 0.2) is 0 Å². The maximum atomic E-state index is 11.8. The van der Waals surface area contributed by atoms with Crippen LogP contribution in [0.5, 0.6) is 0 Å². The van der Waals surface area contributed by atoms with Crippen molar-refractivity contribution in [2.24, 2.45) is 5.73 Å². The molecule has 2 amide bonds. The van der Waals surface area contributed by atoms with Gasteiger partial charge in [0.25, 0.3) is 5.69 Å². The van der Waals surface area contributed by atoms with E-state index < -0.39 is 10.8 Å². The number of nitrogens with one attached hydrogen (secondary N) is 1. The number of likely N-dealkylation sites (N-methyl/N-ethyl adjacent to an activating group) is 1. The molecule has 0 bridgehead atoms. The Labute approximate surface area is 138 Å². The molecule has 0 unspecified atom stereocenters. The summed E-state index contributed by atoms with van der Waals surface area (Å²) in [6.07, 6.45) is 0. The number of rotatable bonds is 6. The first-order valence-electron chi connectivity index (χ1n) is 5.98. The lowest BCUT2D eigenvalue weighted by atomic mass is 10.2. The zero-order chi connectivity index (χ0) is 16.0. The van der Waals surface area contributed by atoms with Crippen molar-refractivity contribution in [3.05, 3.63) is 38.9 Å². The number of nitrogens with two attached hydrogens (primary N) is 1. The summed E-state index contributed by atoms with van der Waals surface area (Å²) in [5.74, 6) is -0.801. The molecule has 10 heteroatoms. The van der Waals surface area contributed by atoms with Crippen LogP contribution >= 0.6 is 24.0 Å². The van der Waals surface area contributed by atoms with Gasteiger partial charge in [-0.05, 0) is 11.6 Å². The third-order valence-corrected chi connectivity index (χ3v) is 3.06. The summed E-state index contributed by atoms with van der Waals surface area (Å²) in [4.78, 5) is 34.2. The molecule has 22 heavy (non-hydrogen) atoms. The Kier molecular flexibility index (Phi) is 8.39. The van der Waals surface area contributed by atoms with E-state index in [0.717, 1.165) is 0 Å². The van der Waals surface area contributed by atoms with Crippen LogP contribution in [0.25, 0.3) is 0 Å². The second-order valence-electron chi connectivity index (χ2n) is 4.26. The number of nitro benzene ring substituents is 1. The van der Waals surface area contributed by atoms with Gasteiger partial charge in [-0.25, -0.2) is 0 Å². The Morgan fingerprint density at radius 1 is 1.45 bits per heavy atom. The van der Waals surface area contributed by atoms with E-state index in [1.807, 2.05) is 0 Å². The lowest BCUT2D eigenvalue weighted by molar-refractivity contribution is -0.384. The Bertz CT molecular complexity index is 568. The first-order chi connectivity index (χ1) is 9.85. The Morgan fingerprint density at radius 2 is 2.09 bits per heavy atom. The fraction of sp³-hybridized carbons (Fsp3) is 0.333. The SMILES string of the molecule is CN(Cc1cc([N+](=O)[O-])ccc1Cl)C(=O)CNC(=O)CN.Cl. The van der Waals surface area contributed by atoms with Gasteiger partial charge in [0.2, 0.25) is 11.8 Å². The van der Waals surface area contributed by atoms with Crippen molar-refractivity contribution in [3.63, 3.8) is 0 Å². The van der Waals surface area contributed by atoms with E-state index in [4.69, 9.17) is 17.3 Å². The maximum absolute atomic E-state index is 11.8. The average Bonchev–Trinajstić information content (AvgIpc) is 2.46. The highest BCUT2D eigenvalue weighted by atomic mass is 35.5. The molecule has 0 saturated carbocycles. The van der Waals surface area contributed by atoms with E-state index in [2.05, 4.69) is 5.32 Å². The van der Waals surface area contributed by atoms with Gasteiger partial charge in [-0.3, -0.25) is 19.7 Å². The number of non-ortho nitro benzene ring substituents is 1. The molecule has 0 saturated heterocycles. The summed E-state index contributed by atoms with van der Waals surface area (Å²) < 4.78 is 0. The lowest BCUT2D eigenvalue weighted by Crippen LogP contribution is -2.40. The van der Waals surface area contributed by atoms with E-state index in [-0.39, 0.29) is 43.6 Å².